The van der Waals surface area contributed by atoms with Crippen LogP contribution in [0.2, 0.25) is 0 Å². The zero-order valence-corrected chi connectivity index (χ0v) is 17.5. The molecule has 1 aliphatic heterocycles. The van der Waals surface area contributed by atoms with E-state index in [1.807, 2.05) is 0 Å². The van der Waals surface area contributed by atoms with E-state index in [1.165, 1.54) is 4.68 Å². The van der Waals surface area contributed by atoms with Crippen LogP contribution in [0, 0.1) is 0 Å². The summed E-state index contributed by atoms with van der Waals surface area (Å²) in [6.07, 6.45) is 2.16. The predicted molar refractivity (Wildman–Crippen MR) is 112 cm³/mol. The molecule has 3 amide bonds. The van der Waals surface area contributed by atoms with Gasteiger partial charge in [0.05, 0.1) is 25.9 Å². The van der Waals surface area contributed by atoms with Crippen molar-refractivity contribution in [2.45, 2.75) is 46.2 Å². The number of urea groups is 1. The van der Waals surface area contributed by atoms with E-state index in [2.05, 4.69) is 22.7 Å². The molecule has 1 aliphatic rings. The number of fused-ring (bicyclic) bond motifs is 1. The molecule has 1 aromatic carbocycles. The summed E-state index contributed by atoms with van der Waals surface area (Å²) in [5.74, 6) is 0.413. The molecular formula is C21H27N5O4. The topological polar surface area (TPSA) is 106 Å². The summed E-state index contributed by atoms with van der Waals surface area (Å²) in [5, 5.41) is 9.99. The number of anilines is 1. The van der Waals surface area contributed by atoms with E-state index in [1.54, 1.807) is 43.2 Å². The van der Waals surface area contributed by atoms with E-state index >= 15 is 0 Å². The maximum Gasteiger partial charge on any atom is 0.318 e. The maximum absolute atomic E-state index is 12.7. The fourth-order valence-electron chi connectivity index (χ4n) is 3.25. The normalized spacial score (nSPS) is 12.4. The van der Waals surface area contributed by atoms with Crippen molar-refractivity contribution in [3.8, 4) is 5.75 Å². The molecule has 0 radical (unpaired) electrons. The Morgan fingerprint density at radius 1 is 1.13 bits per heavy atom. The molecule has 0 unspecified atom stereocenters. The molecule has 0 saturated carbocycles. The Hall–Kier alpha value is -3.36. The molecule has 9 nitrogen and oxygen atoms in total. The second-order valence-electron chi connectivity index (χ2n) is 7.06. The molecule has 2 heterocycles. The van der Waals surface area contributed by atoms with Gasteiger partial charge in [0.25, 0.3) is 5.91 Å². The van der Waals surface area contributed by atoms with Crippen LogP contribution < -0.4 is 15.4 Å². The predicted octanol–water partition coefficient (Wildman–Crippen LogP) is 3.02. The highest BCUT2D eigenvalue weighted by atomic mass is 16.5. The Kier molecular flexibility index (Phi) is 6.71. The fourth-order valence-corrected chi connectivity index (χ4v) is 3.25. The Bertz CT molecular complexity index is 936. The van der Waals surface area contributed by atoms with Gasteiger partial charge in [0.15, 0.2) is 5.82 Å². The highest BCUT2D eigenvalue weighted by molar-refractivity contribution is 6.04. The highest BCUT2D eigenvalue weighted by Crippen LogP contribution is 2.30. The minimum atomic E-state index is -0.347. The van der Waals surface area contributed by atoms with Crippen molar-refractivity contribution in [3.05, 3.63) is 41.1 Å². The van der Waals surface area contributed by atoms with Crippen molar-refractivity contribution in [1.82, 2.24) is 20.0 Å². The van der Waals surface area contributed by atoms with Crippen LogP contribution in [0.4, 0.5) is 10.6 Å². The summed E-state index contributed by atoms with van der Waals surface area (Å²) in [6, 6.07) is 6.50. The molecule has 1 aromatic heterocycles. The number of nitrogens with one attached hydrogen (secondary N) is 2. The number of rotatable bonds is 7. The first-order valence-electron chi connectivity index (χ1n) is 10.1. The summed E-state index contributed by atoms with van der Waals surface area (Å²) >= 11 is 0. The summed E-state index contributed by atoms with van der Waals surface area (Å²) in [5.41, 5.74) is 1.76. The van der Waals surface area contributed by atoms with Gasteiger partial charge in [-0.05, 0) is 30.7 Å². The van der Waals surface area contributed by atoms with Crippen LogP contribution in [0.1, 0.15) is 59.5 Å². The van der Waals surface area contributed by atoms with E-state index in [-0.39, 0.29) is 37.4 Å². The van der Waals surface area contributed by atoms with Gasteiger partial charge in [-0.15, -0.1) is 5.10 Å². The second-order valence-corrected chi connectivity index (χ2v) is 7.06. The number of nitrogens with zero attached hydrogens (tertiary/aromatic N) is 3. The standard InChI is InChI=1S/C21H27N5O4/c1-4-6-11-22-21(29)25-12-16-17(13-25)26(18(27)5-2)24-19(16)23-20(28)14-7-9-15(30-3)10-8-14/h7-10H,4-6,11-13H2,1-3H3,(H,22,29)(H,23,24,28). The monoisotopic (exact) mass is 413 g/mol. The molecule has 0 bridgehead atoms. The lowest BCUT2D eigenvalue weighted by Crippen LogP contribution is -2.37. The molecule has 9 heteroatoms. The van der Waals surface area contributed by atoms with Gasteiger partial charge < -0.3 is 20.3 Å². The van der Waals surface area contributed by atoms with Crippen molar-refractivity contribution >= 4 is 23.7 Å². The third-order valence-electron chi connectivity index (χ3n) is 5.00. The molecular weight excluding hydrogens is 386 g/mol. The number of unbranched alkanes of at least 4 members (excludes halogenated alkanes) is 1. The third-order valence-corrected chi connectivity index (χ3v) is 5.00. The van der Waals surface area contributed by atoms with Gasteiger partial charge in [0.2, 0.25) is 5.91 Å². The lowest BCUT2D eigenvalue weighted by molar-refractivity contribution is 0.0886. The Morgan fingerprint density at radius 2 is 1.87 bits per heavy atom. The second kappa shape index (κ2) is 9.43. The molecule has 2 aromatic rings. The van der Waals surface area contributed by atoms with E-state index in [9.17, 15) is 14.4 Å². The lowest BCUT2D eigenvalue weighted by Gasteiger charge is -2.17. The molecule has 160 valence electrons. The van der Waals surface area contributed by atoms with Crippen molar-refractivity contribution in [2.24, 2.45) is 0 Å². The molecule has 0 aliphatic carbocycles. The van der Waals surface area contributed by atoms with Crippen molar-refractivity contribution in [2.75, 3.05) is 19.0 Å². The number of ether oxygens (including phenoxy) is 1. The van der Waals surface area contributed by atoms with Crippen molar-refractivity contribution in [3.63, 3.8) is 0 Å². The Balaban J connectivity index is 1.80. The number of carbonyl (C=O) groups excluding carboxylic acids is 3. The molecule has 0 atom stereocenters. The quantitative estimate of drug-likeness (QED) is 0.679. The van der Waals surface area contributed by atoms with E-state index in [0.717, 1.165) is 12.8 Å². The van der Waals surface area contributed by atoms with Crippen LogP contribution in [0.5, 0.6) is 5.75 Å². The number of hydrogen-bond donors (Lipinski definition) is 2. The number of aromatic nitrogens is 2. The van der Waals surface area contributed by atoms with Crippen LogP contribution in [-0.4, -0.2) is 46.2 Å². The van der Waals surface area contributed by atoms with Gasteiger partial charge >= 0.3 is 6.03 Å². The summed E-state index contributed by atoms with van der Waals surface area (Å²) < 4.78 is 6.41. The number of hydrogen-bond acceptors (Lipinski definition) is 5. The minimum absolute atomic E-state index is 0.190. The van der Waals surface area contributed by atoms with Gasteiger partial charge in [-0.3, -0.25) is 9.59 Å². The first-order chi connectivity index (χ1) is 14.5. The van der Waals surface area contributed by atoms with Gasteiger partial charge in [0.1, 0.15) is 5.75 Å². The zero-order chi connectivity index (χ0) is 21.7. The Labute approximate surface area is 175 Å². The van der Waals surface area contributed by atoms with E-state index in [4.69, 9.17) is 4.74 Å². The van der Waals surface area contributed by atoms with Crippen LogP contribution >= 0.6 is 0 Å². The van der Waals surface area contributed by atoms with Gasteiger partial charge in [0, 0.05) is 24.1 Å². The average Bonchev–Trinajstić information content (AvgIpc) is 3.34. The van der Waals surface area contributed by atoms with Crippen molar-refractivity contribution in [1.29, 1.82) is 0 Å². The van der Waals surface area contributed by atoms with Crippen LogP contribution in [0.3, 0.4) is 0 Å². The van der Waals surface area contributed by atoms with Gasteiger partial charge in [-0.2, -0.15) is 0 Å². The number of methoxy groups -OCH3 is 1. The van der Waals surface area contributed by atoms with Crippen LogP contribution in [-0.2, 0) is 13.1 Å². The fraction of sp³-hybridized carbons (Fsp3) is 0.429. The Morgan fingerprint density at radius 3 is 2.50 bits per heavy atom. The summed E-state index contributed by atoms with van der Waals surface area (Å²) in [4.78, 5) is 39.1. The van der Waals surface area contributed by atoms with Gasteiger partial charge in [-0.25, -0.2) is 9.48 Å². The largest absolute Gasteiger partial charge is 0.497 e. The van der Waals surface area contributed by atoms with E-state index < -0.39 is 0 Å². The molecule has 0 saturated heterocycles. The van der Waals surface area contributed by atoms with Crippen LogP contribution in [0.25, 0.3) is 0 Å². The maximum atomic E-state index is 12.7. The highest BCUT2D eigenvalue weighted by Gasteiger charge is 2.32. The molecule has 3 rings (SSSR count). The number of carbonyl (C=O) groups is 3. The molecule has 30 heavy (non-hydrogen) atoms. The lowest BCUT2D eigenvalue weighted by atomic mass is 10.2. The van der Waals surface area contributed by atoms with Crippen molar-refractivity contribution < 1.29 is 19.1 Å². The number of amides is 3. The molecule has 2 N–H and O–H groups in total. The number of benzene rings is 1. The van der Waals surface area contributed by atoms with Crippen LogP contribution in [0.15, 0.2) is 24.3 Å². The summed E-state index contributed by atoms with van der Waals surface area (Å²) in [6.45, 7) is 4.95. The zero-order valence-electron chi connectivity index (χ0n) is 17.5. The smallest absolute Gasteiger partial charge is 0.318 e. The third kappa shape index (κ3) is 4.45. The van der Waals surface area contributed by atoms with E-state index in [0.29, 0.717) is 34.9 Å². The molecule has 0 fully saturated rings. The van der Waals surface area contributed by atoms with Gasteiger partial charge in [-0.1, -0.05) is 20.3 Å². The summed E-state index contributed by atoms with van der Waals surface area (Å²) in [7, 11) is 1.56. The average molecular weight is 413 g/mol. The molecule has 0 spiro atoms. The first-order valence-corrected chi connectivity index (χ1v) is 10.1. The first kappa shape index (κ1) is 21.4. The SMILES string of the molecule is CCCCNC(=O)N1Cc2c(NC(=O)c3ccc(OC)cc3)nn(C(=O)CC)c2C1. The minimum Gasteiger partial charge on any atom is -0.497 e.